The number of benzene rings is 2. The molecule has 0 bridgehead atoms. The Labute approximate surface area is 138 Å². The summed E-state index contributed by atoms with van der Waals surface area (Å²) < 4.78 is 5.50. The second kappa shape index (κ2) is 6.62. The molecule has 0 fully saturated rings. The SMILES string of the molecule is Cc1nnc(C(NC(=O)c2ccc(Cl)cc2)c2ccccc2)o1. The molecule has 5 nitrogen and oxygen atoms in total. The number of hydrogen-bond acceptors (Lipinski definition) is 4. The molecule has 0 aliphatic carbocycles. The number of nitrogens with zero attached hydrogens (tertiary/aromatic N) is 2. The zero-order valence-corrected chi connectivity index (χ0v) is 13.1. The molecule has 0 radical (unpaired) electrons. The molecule has 1 aromatic heterocycles. The lowest BCUT2D eigenvalue weighted by Gasteiger charge is -2.15. The van der Waals surface area contributed by atoms with E-state index in [1.54, 1.807) is 31.2 Å². The standard InChI is InChI=1S/C17H14ClN3O2/c1-11-20-21-17(23-11)15(12-5-3-2-4-6-12)19-16(22)13-7-9-14(18)10-8-13/h2-10,15H,1H3,(H,19,22). The normalized spacial score (nSPS) is 11.9. The molecular formula is C17H14ClN3O2. The van der Waals surface area contributed by atoms with Crippen LogP contribution in [0, 0.1) is 6.92 Å². The van der Waals surface area contributed by atoms with Crippen LogP contribution in [0.3, 0.4) is 0 Å². The Balaban J connectivity index is 1.90. The topological polar surface area (TPSA) is 68.0 Å². The summed E-state index contributed by atoms with van der Waals surface area (Å²) in [5.41, 5.74) is 1.37. The molecule has 1 heterocycles. The lowest BCUT2D eigenvalue weighted by Crippen LogP contribution is -2.29. The average molecular weight is 328 g/mol. The molecule has 1 atom stereocenters. The highest BCUT2D eigenvalue weighted by atomic mass is 35.5. The summed E-state index contributed by atoms with van der Waals surface area (Å²) in [6.45, 7) is 1.71. The molecule has 1 unspecified atom stereocenters. The minimum absolute atomic E-state index is 0.244. The number of nitrogens with one attached hydrogen (secondary N) is 1. The molecule has 0 aliphatic rings. The Bertz CT molecular complexity index is 800. The summed E-state index contributed by atoms with van der Waals surface area (Å²) in [6, 6.07) is 15.6. The van der Waals surface area contributed by atoms with Crippen LogP contribution in [0.15, 0.2) is 59.0 Å². The number of aromatic nitrogens is 2. The van der Waals surface area contributed by atoms with Gasteiger partial charge in [0.2, 0.25) is 11.8 Å². The summed E-state index contributed by atoms with van der Waals surface area (Å²) in [5, 5.41) is 11.4. The lowest BCUT2D eigenvalue weighted by atomic mass is 10.1. The van der Waals surface area contributed by atoms with E-state index in [0.29, 0.717) is 22.4 Å². The third-order valence-electron chi connectivity index (χ3n) is 3.30. The van der Waals surface area contributed by atoms with E-state index < -0.39 is 6.04 Å². The van der Waals surface area contributed by atoms with Crippen molar-refractivity contribution < 1.29 is 9.21 Å². The van der Waals surface area contributed by atoms with Gasteiger partial charge in [-0.3, -0.25) is 4.79 Å². The molecule has 6 heteroatoms. The maximum atomic E-state index is 12.5. The molecule has 1 N–H and O–H groups in total. The van der Waals surface area contributed by atoms with Crippen LogP contribution in [-0.4, -0.2) is 16.1 Å². The summed E-state index contributed by atoms with van der Waals surface area (Å²) in [7, 11) is 0. The van der Waals surface area contributed by atoms with Crippen molar-refractivity contribution in [1.82, 2.24) is 15.5 Å². The number of halogens is 1. The minimum atomic E-state index is -0.513. The Kier molecular flexibility index (Phi) is 4.39. The highest BCUT2D eigenvalue weighted by molar-refractivity contribution is 6.30. The molecule has 0 saturated carbocycles. The zero-order valence-electron chi connectivity index (χ0n) is 12.4. The van der Waals surface area contributed by atoms with Gasteiger partial charge in [0.05, 0.1) is 0 Å². The van der Waals surface area contributed by atoms with Gasteiger partial charge in [-0.25, -0.2) is 0 Å². The largest absolute Gasteiger partial charge is 0.423 e. The molecule has 1 amide bonds. The molecule has 2 aromatic carbocycles. The van der Waals surface area contributed by atoms with Crippen LogP contribution >= 0.6 is 11.6 Å². The van der Waals surface area contributed by atoms with E-state index in [1.807, 2.05) is 30.3 Å². The molecule has 23 heavy (non-hydrogen) atoms. The third-order valence-corrected chi connectivity index (χ3v) is 3.56. The number of amides is 1. The highest BCUT2D eigenvalue weighted by Gasteiger charge is 2.22. The van der Waals surface area contributed by atoms with E-state index in [9.17, 15) is 4.79 Å². The lowest BCUT2D eigenvalue weighted by molar-refractivity contribution is 0.0937. The molecule has 0 aliphatic heterocycles. The van der Waals surface area contributed by atoms with E-state index >= 15 is 0 Å². The molecule has 116 valence electrons. The first-order valence-corrected chi connectivity index (χ1v) is 7.42. The van der Waals surface area contributed by atoms with Gasteiger partial charge in [0.15, 0.2) is 0 Å². The fourth-order valence-corrected chi connectivity index (χ4v) is 2.30. The smallest absolute Gasteiger partial charge is 0.252 e. The van der Waals surface area contributed by atoms with Gasteiger partial charge < -0.3 is 9.73 Å². The van der Waals surface area contributed by atoms with Gasteiger partial charge in [-0.15, -0.1) is 10.2 Å². The van der Waals surface area contributed by atoms with Gasteiger partial charge in [0, 0.05) is 17.5 Å². The van der Waals surface area contributed by atoms with Crippen molar-refractivity contribution in [3.63, 3.8) is 0 Å². The van der Waals surface area contributed by atoms with Gasteiger partial charge in [-0.05, 0) is 29.8 Å². The van der Waals surface area contributed by atoms with Crippen molar-refractivity contribution in [2.75, 3.05) is 0 Å². The van der Waals surface area contributed by atoms with Crippen molar-refractivity contribution in [2.45, 2.75) is 13.0 Å². The number of hydrogen-bond donors (Lipinski definition) is 1. The Hall–Kier alpha value is -2.66. The first kappa shape index (κ1) is 15.2. The van der Waals surface area contributed by atoms with Crippen LogP contribution in [0.2, 0.25) is 5.02 Å². The van der Waals surface area contributed by atoms with Crippen molar-refractivity contribution in [3.8, 4) is 0 Å². The number of rotatable bonds is 4. The molecule has 3 rings (SSSR count). The summed E-state index contributed by atoms with van der Waals surface area (Å²) >= 11 is 5.85. The average Bonchev–Trinajstić information content (AvgIpc) is 3.00. The summed E-state index contributed by atoms with van der Waals surface area (Å²) in [6.07, 6.45) is 0. The van der Waals surface area contributed by atoms with E-state index in [4.69, 9.17) is 16.0 Å². The molecule has 0 saturated heterocycles. The molecule has 0 spiro atoms. The first-order valence-electron chi connectivity index (χ1n) is 7.05. The van der Waals surface area contributed by atoms with Crippen molar-refractivity contribution in [2.24, 2.45) is 0 Å². The van der Waals surface area contributed by atoms with Gasteiger partial charge in [0.25, 0.3) is 5.91 Å². The van der Waals surface area contributed by atoms with E-state index in [-0.39, 0.29) is 5.91 Å². The van der Waals surface area contributed by atoms with Crippen LogP contribution in [0.25, 0.3) is 0 Å². The van der Waals surface area contributed by atoms with Gasteiger partial charge in [0.1, 0.15) is 6.04 Å². The van der Waals surface area contributed by atoms with E-state index in [1.165, 1.54) is 0 Å². The van der Waals surface area contributed by atoms with Crippen LogP contribution in [0.1, 0.15) is 33.7 Å². The van der Waals surface area contributed by atoms with Crippen molar-refractivity contribution in [3.05, 3.63) is 82.5 Å². The van der Waals surface area contributed by atoms with Gasteiger partial charge in [-0.2, -0.15) is 0 Å². The Morgan fingerprint density at radius 2 is 1.78 bits per heavy atom. The zero-order chi connectivity index (χ0) is 16.2. The van der Waals surface area contributed by atoms with Crippen LogP contribution < -0.4 is 5.32 Å². The third kappa shape index (κ3) is 3.57. The van der Waals surface area contributed by atoms with Crippen molar-refractivity contribution in [1.29, 1.82) is 0 Å². The first-order chi connectivity index (χ1) is 11.1. The Morgan fingerprint density at radius 3 is 2.39 bits per heavy atom. The Morgan fingerprint density at radius 1 is 1.09 bits per heavy atom. The predicted octanol–water partition coefficient (Wildman–Crippen LogP) is 3.55. The predicted molar refractivity (Wildman–Crippen MR) is 86.2 cm³/mol. The quantitative estimate of drug-likeness (QED) is 0.795. The van der Waals surface area contributed by atoms with Crippen LogP contribution in [0.4, 0.5) is 0 Å². The monoisotopic (exact) mass is 327 g/mol. The fourth-order valence-electron chi connectivity index (χ4n) is 2.18. The number of carbonyl (C=O) groups is 1. The molecular weight excluding hydrogens is 314 g/mol. The van der Waals surface area contributed by atoms with Gasteiger partial charge >= 0.3 is 0 Å². The fraction of sp³-hybridized carbons (Fsp3) is 0.118. The minimum Gasteiger partial charge on any atom is -0.423 e. The maximum absolute atomic E-state index is 12.5. The van der Waals surface area contributed by atoms with Gasteiger partial charge in [-0.1, -0.05) is 41.9 Å². The molecule has 3 aromatic rings. The van der Waals surface area contributed by atoms with Crippen LogP contribution in [0.5, 0.6) is 0 Å². The summed E-state index contributed by atoms with van der Waals surface area (Å²) in [5.74, 6) is 0.545. The highest BCUT2D eigenvalue weighted by Crippen LogP contribution is 2.21. The number of aryl methyl sites for hydroxylation is 1. The van der Waals surface area contributed by atoms with E-state index in [2.05, 4.69) is 15.5 Å². The van der Waals surface area contributed by atoms with E-state index in [0.717, 1.165) is 5.56 Å². The number of carbonyl (C=O) groups excluding carboxylic acids is 1. The maximum Gasteiger partial charge on any atom is 0.252 e. The second-order valence-electron chi connectivity index (χ2n) is 4.98. The second-order valence-corrected chi connectivity index (χ2v) is 5.42. The van der Waals surface area contributed by atoms with Crippen molar-refractivity contribution >= 4 is 17.5 Å². The summed E-state index contributed by atoms with van der Waals surface area (Å²) in [4.78, 5) is 12.5. The van der Waals surface area contributed by atoms with Crippen LogP contribution in [-0.2, 0) is 0 Å².